The molecular weight excluding hydrogens is 580 g/mol. The van der Waals surface area contributed by atoms with E-state index in [1.165, 1.54) is 0 Å². The van der Waals surface area contributed by atoms with Gasteiger partial charge < -0.3 is 9.13 Å². The summed E-state index contributed by atoms with van der Waals surface area (Å²) in [6.45, 7) is 14.3. The molecule has 0 aliphatic rings. The molecule has 0 saturated carbocycles. The molecule has 2 N–H and O–H groups in total. The molecule has 0 radical (unpaired) electrons. The standard InChI is InChI=1S/C34H40N10O2/c1-7-43-28(19-23(5)39-43)31(45)37-33-36-26-18-21(3)14-15-27(26)41(33)16-9-10-17-42-30-22(4)12-11-13-25(30)35-34(42)38-32(46)29-20-24(6)40-44(29)8-2/h11-15,18-20H,7-10,16-17H2,1-6H3,(H,35,38,46)(H,36,37,45). The second-order valence-electron chi connectivity index (χ2n) is 11.7. The molecule has 0 aliphatic heterocycles. The molecule has 6 rings (SSSR count). The molecule has 4 heterocycles. The smallest absolute Gasteiger partial charge is 0.276 e. The van der Waals surface area contributed by atoms with E-state index in [0.29, 0.717) is 49.5 Å². The zero-order valence-corrected chi connectivity index (χ0v) is 27.3. The van der Waals surface area contributed by atoms with E-state index in [1.807, 2.05) is 52.8 Å². The van der Waals surface area contributed by atoms with E-state index < -0.39 is 0 Å². The van der Waals surface area contributed by atoms with Crippen molar-refractivity contribution in [2.75, 3.05) is 10.6 Å². The summed E-state index contributed by atoms with van der Waals surface area (Å²) in [5, 5.41) is 15.0. The van der Waals surface area contributed by atoms with E-state index in [0.717, 1.165) is 57.4 Å². The number of carbonyl (C=O) groups excluding carboxylic acids is 2. The van der Waals surface area contributed by atoms with E-state index >= 15 is 0 Å². The Bertz CT molecular complexity index is 2080. The summed E-state index contributed by atoms with van der Waals surface area (Å²) < 4.78 is 7.56. The van der Waals surface area contributed by atoms with Gasteiger partial charge in [-0.05, 0) is 95.8 Å². The van der Waals surface area contributed by atoms with Gasteiger partial charge in [0, 0.05) is 26.2 Å². The Hall–Kier alpha value is -5.26. The van der Waals surface area contributed by atoms with Gasteiger partial charge >= 0.3 is 0 Å². The summed E-state index contributed by atoms with van der Waals surface area (Å²) in [7, 11) is 0. The summed E-state index contributed by atoms with van der Waals surface area (Å²) in [6, 6.07) is 15.7. The topological polar surface area (TPSA) is 129 Å². The van der Waals surface area contributed by atoms with Gasteiger partial charge in [0.2, 0.25) is 11.9 Å². The molecule has 2 amide bonds. The van der Waals surface area contributed by atoms with Crippen LogP contribution in [0.25, 0.3) is 22.1 Å². The highest BCUT2D eigenvalue weighted by atomic mass is 16.2. The van der Waals surface area contributed by atoms with Crippen molar-refractivity contribution in [3.63, 3.8) is 0 Å². The number of hydrogen-bond acceptors (Lipinski definition) is 6. The number of fused-ring (bicyclic) bond motifs is 2. The first kappa shape index (κ1) is 30.8. The van der Waals surface area contributed by atoms with E-state index in [-0.39, 0.29) is 11.8 Å². The number of imidazole rings is 2. The van der Waals surface area contributed by atoms with E-state index in [9.17, 15) is 9.59 Å². The minimum Gasteiger partial charge on any atom is -0.310 e. The van der Waals surface area contributed by atoms with Crippen LogP contribution in [0.3, 0.4) is 0 Å². The number of unbranched alkanes of at least 4 members (excludes halogenated alkanes) is 1. The van der Waals surface area contributed by atoms with Crippen molar-refractivity contribution in [3.05, 3.63) is 82.4 Å². The van der Waals surface area contributed by atoms with E-state index in [1.54, 1.807) is 21.5 Å². The molecule has 46 heavy (non-hydrogen) atoms. The number of nitrogens with zero attached hydrogens (tertiary/aromatic N) is 8. The highest BCUT2D eigenvalue weighted by molar-refractivity contribution is 6.04. The summed E-state index contributed by atoms with van der Waals surface area (Å²) in [5.41, 5.74) is 8.40. The van der Waals surface area contributed by atoms with Crippen LogP contribution in [0, 0.1) is 27.7 Å². The fourth-order valence-corrected chi connectivity index (χ4v) is 6.05. The fourth-order valence-electron chi connectivity index (χ4n) is 6.05. The van der Waals surface area contributed by atoms with Crippen molar-refractivity contribution >= 4 is 45.8 Å². The number of benzene rings is 2. The Morgan fingerprint density at radius 2 is 1.26 bits per heavy atom. The molecule has 0 fully saturated rings. The number of anilines is 2. The Balaban J connectivity index is 1.23. The van der Waals surface area contributed by atoms with Crippen molar-refractivity contribution in [1.29, 1.82) is 0 Å². The lowest BCUT2D eigenvalue weighted by molar-refractivity contribution is 0.100. The van der Waals surface area contributed by atoms with Crippen LogP contribution in [-0.2, 0) is 26.2 Å². The summed E-state index contributed by atoms with van der Waals surface area (Å²) in [5.74, 6) is 0.537. The van der Waals surface area contributed by atoms with Gasteiger partial charge in [-0.15, -0.1) is 0 Å². The second kappa shape index (κ2) is 12.6. The number of para-hydroxylation sites is 1. The van der Waals surface area contributed by atoms with Crippen molar-refractivity contribution in [3.8, 4) is 0 Å². The monoisotopic (exact) mass is 620 g/mol. The molecule has 0 saturated heterocycles. The average molecular weight is 621 g/mol. The normalized spacial score (nSPS) is 11.5. The van der Waals surface area contributed by atoms with Crippen LogP contribution in [0.2, 0.25) is 0 Å². The molecule has 0 atom stereocenters. The first-order valence-corrected chi connectivity index (χ1v) is 15.8. The number of nitrogens with one attached hydrogen (secondary N) is 2. The molecule has 12 heteroatoms. The van der Waals surface area contributed by atoms with Crippen molar-refractivity contribution in [2.24, 2.45) is 0 Å². The molecule has 2 aromatic carbocycles. The second-order valence-corrected chi connectivity index (χ2v) is 11.7. The lowest BCUT2D eigenvalue weighted by Gasteiger charge is -2.13. The molecule has 4 aromatic heterocycles. The largest absolute Gasteiger partial charge is 0.310 e. The molecule has 0 unspecified atom stereocenters. The Morgan fingerprint density at radius 3 is 1.87 bits per heavy atom. The number of carbonyl (C=O) groups is 2. The van der Waals surface area contributed by atoms with Gasteiger partial charge in [-0.3, -0.25) is 29.6 Å². The third-order valence-electron chi connectivity index (χ3n) is 8.20. The Morgan fingerprint density at radius 1 is 0.696 bits per heavy atom. The summed E-state index contributed by atoms with van der Waals surface area (Å²) >= 11 is 0. The number of hydrogen-bond donors (Lipinski definition) is 2. The molecule has 238 valence electrons. The van der Waals surface area contributed by atoms with E-state index in [4.69, 9.17) is 9.97 Å². The van der Waals surface area contributed by atoms with Gasteiger partial charge in [-0.25, -0.2) is 9.97 Å². The first-order chi connectivity index (χ1) is 22.2. The third kappa shape index (κ3) is 5.90. The number of aryl methyl sites for hydroxylation is 8. The van der Waals surface area contributed by atoms with Crippen LogP contribution in [0.5, 0.6) is 0 Å². The third-order valence-corrected chi connectivity index (χ3v) is 8.20. The van der Waals surface area contributed by atoms with Gasteiger partial charge in [-0.1, -0.05) is 18.2 Å². The first-order valence-electron chi connectivity index (χ1n) is 15.8. The van der Waals surface area contributed by atoms with Gasteiger partial charge in [0.15, 0.2) is 0 Å². The van der Waals surface area contributed by atoms with E-state index in [2.05, 4.69) is 55.1 Å². The minimum atomic E-state index is -0.240. The van der Waals surface area contributed by atoms with Gasteiger partial charge in [0.05, 0.1) is 33.5 Å². The molecular formula is C34H40N10O2. The summed E-state index contributed by atoms with van der Waals surface area (Å²) in [6.07, 6.45) is 1.60. The molecule has 6 aromatic rings. The number of amides is 2. The Labute approximate surface area is 267 Å². The maximum Gasteiger partial charge on any atom is 0.276 e. The molecule has 0 spiro atoms. The van der Waals surface area contributed by atoms with Crippen molar-refractivity contribution < 1.29 is 9.59 Å². The molecule has 12 nitrogen and oxygen atoms in total. The lowest BCUT2D eigenvalue weighted by Crippen LogP contribution is -2.20. The summed E-state index contributed by atoms with van der Waals surface area (Å²) in [4.78, 5) is 36.3. The number of aromatic nitrogens is 8. The average Bonchev–Trinajstić information content (AvgIpc) is 3.78. The highest BCUT2D eigenvalue weighted by Gasteiger charge is 2.20. The van der Waals surface area contributed by atoms with Crippen LogP contribution in [-0.4, -0.2) is 50.5 Å². The quantitative estimate of drug-likeness (QED) is 0.170. The highest BCUT2D eigenvalue weighted by Crippen LogP contribution is 2.26. The van der Waals surface area contributed by atoms with Crippen molar-refractivity contribution in [2.45, 2.75) is 80.6 Å². The van der Waals surface area contributed by atoms with Gasteiger partial charge in [-0.2, -0.15) is 10.2 Å². The van der Waals surface area contributed by atoms with Crippen LogP contribution in [0.15, 0.2) is 48.5 Å². The SMILES string of the molecule is CCn1nc(C)cc1C(=O)Nc1nc2cc(C)ccc2n1CCCCn1c(NC(=O)c2cc(C)nn2CC)nc2cccc(C)c21. The van der Waals surface area contributed by atoms with Gasteiger partial charge in [0.1, 0.15) is 11.4 Å². The fraction of sp³-hybridized carbons (Fsp3) is 0.353. The van der Waals surface area contributed by atoms with Crippen molar-refractivity contribution in [1.82, 2.24) is 38.7 Å². The van der Waals surface area contributed by atoms with Crippen LogP contribution < -0.4 is 10.6 Å². The maximum absolute atomic E-state index is 13.3. The van der Waals surface area contributed by atoms with Gasteiger partial charge in [0.25, 0.3) is 11.8 Å². The predicted molar refractivity (Wildman–Crippen MR) is 179 cm³/mol. The zero-order valence-electron chi connectivity index (χ0n) is 27.3. The Kier molecular flexibility index (Phi) is 8.44. The predicted octanol–water partition coefficient (Wildman–Crippen LogP) is 6.04. The minimum absolute atomic E-state index is 0.239. The van der Waals surface area contributed by atoms with Crippen LogP contribution >= 0.6 is 0 Å². The maximum atomic E-state index is 13.3. The number of rotatable bonds is 11. The molecule has 0 aliphatic carbocycles. The molecule has 0 bridgehead atoms. The lowest BCUT2D eigenvalue weighted by atomic mass is 10.2. The zero-order chi connectivity index (χ0) is 32.5. The van der Waals surface area contributed by atoms with Crippen LogP contribution in [0.1, 0.15) is 70.2 Å². The van der Waals surface area contributed by atoms with Crippen LogP contribution in [0.4, 0.5) is 11.9 Å².